The van der Waals surface area contributed by atoms with Gasteiger partial charge in [0, 0.05) is 23.3 Å². The van der Waals surface area contributed by atoms with Crippen LogP contribution in [0.2, 0.25) is 0 Å². The number of nitrogens with one attached hydrogen (secondary N) is 2. The summed E-state index contributed by atoms with van der Waals surface area (Å²) in [6.45, 7) is 1.95. The van der Waals surface area contributed by atoms with Crippen molar-refractivity contribution in [2.45, 2.75) is 45.1 Å². The van der Waals surface area contributed by atoms with Crippen molar-refractivity contribution in [2.24, 2.45) is 4.99 Å². The van der Waals surface area contributed by atoms with Crippen LogP contribution in [0.4, 0.5) is 0 Å². The SMILES string of the molecule is CSC(=N/C(=C/Cl)c1cn[nH]ccccc1C)C(=O)NC1CCCCC1. The van der Waals surface area contributed by atoms with Crippen molar-refractivity contribution in [3.63, 3.8) is 0 Å². The second kappa shape index (κ2) is 11.0. The molecule has 1 fully saturated rings. The molecule has 0 aliphatic heterocycles. The maximum Gasteiger partial charge on any atom is 0.276 e. The molecule has 1 saturated carbocycles. The summed E-state index contributed by atoms with van der Waals surface area (Å²) in [4.78, 5) is 17.1. The number of aromatic amines is 1. The lowest BCUT2D eigenvalue weighted by Gasteiger charge is -2.22. The van der Waals surface area contributed by atoms with Gasteiger partial charge in [-0.25, -0.2) is 4.99 Å². The van der Waals surface area contributed by atoms with Gasteiger partial charge >= 0.3 is 0 Å². The number of aliphatic imine (C=N–C) groups is 1. The Morgan fingerprint density at radius 2 is 2.15 bits per heavy atom. The topological polar surface area (TPSA) is 70.1 Å². The zero-order chi connectivity index (χ0) is 18.8. The van der Waals surface area contributed by atoms with E-state index in [1.54, 1.807) is 12.4 Å². The van der Waals surface area contributed by atoms with Crippen LogP contribution in [0.15, 0.2) is 41.1 Å². The highest BCUT2D eigenvalue weighted by Crippen LogP contribution is 2.22. The van der Waals surface area contributed by atoms with E-state index in [9.17, 15) is 4.79 Å². The van der Waals surface area contributed by atoms with Crippen LogP contribution in [0.3, 0.4) is 0 Å². The van der Waals surface area contributed by atoms with E-state index in [4.69, 9.17) is 11.6 Å². The second-order valence-electron chi connectivity index (χ2n) is 6.13. The number of halogens is 1. The van der Waals surface area contributed by atoms with E-state index in [0.717, 1.165) is 24.0 Å². The van der Waals surface area contributed by atoms with E-state index >= 15 is 0 Å². The molecule has 1 heterocycles. The predicted molar refractivity (Wildman–Crippen MR) is 111 cm³/mol. The first-order valence-electron chi connectivity index (χ1n) is 8.72. The molecular formula is C19H25ClN4OS. The summed E-state index contributed by atoms with van der Waals surface area (Å²) in [5.41, 5.74) is 3.59. The molecule has 26 heavy (non-hydrogen) atoms. The van der Waals surface area contributed by atoms with Gasteiger partial charge in [-0.2, -0.15) is 5.10 Å². The minimum Gasteiger partial charge on any atom is -0.348 e. The zero-order valence-corrected chi connectivity index (χ0v) is 16.7. The molecule has 0 unspecified atom stereocenters. The van der Waals surface area contributed by atoms with E-state index < -0.39 is 0 Å². The van der Waals surface area contributed by atoms with Gasteiger partial charge in [0.05, 0.1) is 11.9 Å². The van der Waals surface area contributed by atoms with E-state index in [1.807, 2.05) is 31.4 Å². The summed E-state index contributed by atoms with van der Waals surface area (Å²) < 4.78 is 0. The molecule has 0 spiro atoms. The van der Waals surface area contributed by atoms with Crippen molar-refractivity contribution >= 4 is 40.0 Å². The van der Waals surface area contributed by atoms with E-state index in [2.05, 4.69) is 20.5 Å². The fourth-order valence-electron chi connectivity index (χ4n) is 2.84. The Labute approximate surface area is 164 Å². The number of aromatic nitrogens is 2. The molecule has 0 radical (unpaired) electrons. The van der Waals surface area contributed by atoms with Crippen LogP contribution >= 0.6 is 23.4 Å². The summed E-state index contributed by atoms with van der Waals surface area (Å²) in [7, 11) is 0. The number of nitrogens with zero attached hydrogens (tertiary/aromatic N) is 2. The summed E-state index contributed by atoms with van der Waals surface area (Å²) in [6, 6.07) is 5.93. The zero-order valence-electron chi connectivity index (χ0n) is 15.2. The Bertz CT molecular complexity index is 722. The lowest BCUT2D eigenvalue weighted by Crippen LogP contribution is -2.39. The summed E-state index contributed by atoms with van der Waals surface area (Å²) in [5, 5.41) is 10.4. The number of thioether (sulfide) groups is 1. The highest BCUT2D eigenvalue weighted by Gasteiger charge is 2.19. The first kappa shape index (κ1) is 20.5. The third-order valence-corrected chi connectivity index (χ3v) is 5.12. The maximum atomic E-state index is 12.6. The smallest absolute Gasteiger partial charge is 0.276 e. The van der Waals surface area contributed by atoms with Crippen LogP contribution in [0.25, 0.3) is 5.70 Å². The lowest BCUT2D eigenvalue weighted by atomic mass is 9.95. The average molecular weight is 393 g/mol. The fourth-order valence-corrected chi connectivity index (χ4v) is 3.44. The van der Waals surface area contributed by atoms with Gasteiger partial charge in [0.1, 0.15) is 0 Å². The molecule has 1 aliphatic carbocycles. The second-order valence-corrected chi connectivity index (χ2v) is 7.14. The Morgan fingerprint density at radius 3 is 2.85 bits per heavy atom. The largest absolute Gasteiger partial charge is 0.348 e. The van der Waals surface area contributed by atoms with Crippen LogP contribution in [0, 0.1) is 6.92 Å². The van der Waals surface area contributed by atoms with Crippen molar-refractivity contribution < 1.29 is 4.79 Å². The molecule has 0 saturated heterocycles. The van der Waals surface area contributed by atoms with E-state index in [-0.39, 0.29) is 11.9 Å². The van der Waals surface area contributed by atoms with Crippen LogP contribution < -0.4 is 5.32 Å². The normalized spacial score (nSPS) is 16.1. The summed E-state index contributed by atoms with van der Waals surface area (Å²) in [6.07, 6.45) is 10.9. The van der Waals surface area contributed by atoms with Gasteiger partial charge in [0.15, 0.2) is 5.04 Å². The summed E-state index contributed by atoms with van der Waals surface area (Å²) in [5.74, 6) is -0.144. The van der Waals surface area contributed by atoms with Gasteiger partial charge < -0.3 is 5.32 Å². The van der Waals surface area contributed by atoms with Gasteiger partial charge in [-0.3, -0.25) is 9.89 Å². The quantitative estimate of drug-likeness (QED) is 0.583. The molecule has 1 aromatic heterocycles. The van der Waals surface area contributed by atoms with Crippen LogP contribution in [0.1, 0.15) is 43.2 Å². The first-order valence-corrected chi connectivity index (χ1v) is 10.4. The van der Waals surface area contributed by atoms with Gasteiger partial charge in [0.25, 0.3) is 5.91 Å². The Morgan fingerprint density at radius 1 is 1.38 bits per heavy atom. The van der Waals surface area contributed by atoms with Crippen LogP contribution in [-0.2, 0) is 4.79 Å². The van der Waals surface area contributed by atoms with Crippen molar-refractivity contribution in [1.29, 1.82) is 0 Å². The molecule has 0 bridgehead atoms. The molecule has 2 N–H and O–H groups in total. The molecule has 0 atom stereocenters. The van der Waals surface area contributed by atoms with Gasteiger partial charge in [-0.15, -0.1) is 11.8 Å². The average Bonchev–Trinajstić information content (AvgIpc) is 2.76. The Balaban J connectivity index is 2.28. The molecule has 5 nitrogen and oxygen atoms in total. The summed E-state index contributed by atoms with van der Waals surface area (Å²) >= 11 is 7.35. The lowest BCUT2D eigenvalue weighted by molar-refractivity contribution is -0.115. The number of carbonyl (C=O) groups excluding carboxylic acids is 1. The van der Waals surface area contributed by atoms with Crippen LogP contribution in [-0.4, -0.2) is 33.4 Å². The highest BCUT2D eigenvalue weighted by atomic mass is 35.5. The molecular weight excluding hydrogens is 368 g/mol. The fraction of sp³-hybridized carbons (Fsp3) is 0.421. The third kappa shape index (κ3) is 6.18. The van der Waals surface area contributed by atoms with Crippen LogP contribution in [0.5, 0.6) is 0 Å². The van der Waals surface area contributed by atoms with Crippen molar-refractivity contribution in [3.8, 4) is 0 Å². The standard InChI is InChI=1S/C19H25ClN4OS/c1-14-8-6-7-11-21-22-13-16(14)17(12-20)24-19(26-2)18(25)23-15-9-4-3-5-10-15/h6-8,11-13,15,21H,3-5,9-10H2,1-2H3,(H,23,25)/b8-6?,11-7?,16-14?,17-12+,22-13?,24-19?. The molecule has 140 valence electrons. The van der Waals surface area contributed by atoms with E-state index in [0.29, 0.717) is 10.7 Å². The maximum absolute atomic E-state index is 12.6. The van der Waals surface area contributed by atoms with Crippen molar-refractivity contribution in [3.05, 3.63) is 47.3 Å². The minimum absolute atomic E-state index is 0.144. The number of rotatable bonds is 3. The van der Waals surface area contributed by atoms with Gasteiger partial charge in [-0.05, 0) is 37.7 Å². The minimum atomic E-state index is -0.144. The number of H-pyrrole nitrogens is 1. The number of amides is 1. The van der Waals surface area contributed by atoms with Crippen molar-refractivity contribution in [2.75, 3.05) is 6.26 Å². The Hall–Kier alpha value is -1.79. The molecule has 0 aromatic carbocycles. The number of aryl methyl sites for hydroxylation is 1. The predicted octanol–water partition coefficient (Wildman–Crippen LogP) is 4.59. The molecule has 2 rings (SSSR count). The number of hydrogen-bond donors (Lipinski definition) is 2. The first-order chi connectivity index (χ1) is 12.7. The number of carbonyl (C=O) groups is 1. The monoisotopic (exact) mass is 392 g/mol. The van der Waals surface area contributed by atoms with Crippen molar-refractivity contribution in [1.82, 2.24) is 15.5 Å². The van der Waals surface area contributed by atoms with E-state index in [1.165, 1.54) is 36.6 Å². The Kier molecular flexibility index (Phi) is 8.71. The number of hydrogen-bond acceptors (Lipinski definition) is 4. The molecule has 1 amide bonds. The van der Waals surface area contributed by atoms with Gasteiger partial charge in [-0.1, -0.05) is 43.0 Å². The third-order valence-electron chi connectivity index (χ3n) is 4.25. The molecule has 1 aromatic rings. The van der Waals surface area contributed by atoms with Gasteiger partial charge in [0.2, 0.25) is 0 Å². The molecule has 1 aliphatic rings. The molecule has 7 heteroatoms. The highest BCUT2D eigenvalue weighted by molar-refractivity contribution is 8.15.